The standard InChI is InChI=1S/C24H26N4O2S/c1-27(2)22-16-21(19-6-4-3-5-7-19)25-24(26-22)31-17-18-8-10-20(11-9-18)23(29)28-12-14-30-15-13-28/h3-11,16H,12-15,17H2,1-2H3. The van der Waals surface area contributed by atoms with Gasteiger partial charge in [-0.05, 0) is 17.7 Å². The molecular weight excluding hydrogens is 408 g/mol. The third-order valence-corrected chi connectivity index (χ3v) is 6.01. The number of hydrogen-bond acceptors (Lipinski definition) is 6. The van der Waals surface area contributed by atoms with Crippen LogP contribution in [-0.4, -0.2) is 61.2 Å². The Morgan fingerprint density at radius 3 is 2.42 bits per heavy atom. The Hall–Kier alpha value is -2.90. The molecule has 2 heterocycles. The van der Waals surface area contributed by atoms with Gasteiger partial charge in [0, 0.05) is 50.1 Å². The van der Waals surface area contributed by atoms with Crippen LogP contribution in [0.25, 0.3) is 11.3 Å². The zero-order valence-corrected chi connectivity index (χ0v) is 18.6. The van der Waals surface area contributed by atoms with Crippen molar-refractivity contribution in [3.63, 3.8) is 0 Å². The summed E-state index contributed by atoms with van der Waals surface area (Å²) >= 11 is 1.60. The Balaban J connectivity index is 1.46. The highest BCUT2D eigenvalue weighted by Crippen LogP contribution is 2.27. The highest BCUT2D eigenvalue weighted by Gasteiger charge is 2.18. The molecular formula is C24H26N4O2S. The van der Waals surface area contributed by atoms with Gasteiger partial charge in [-0.15, -0.1) is 0 Å². The van der Waals surface area contributed by atoms with E-state index in [0.717, 1.165) is 33.5 Å². The maximum Gasteiger partial charge on any atom is 0.254 e. The van der Waals surface area contributed by atoms with Crippen molar-refractivity contribution >= 4 is 23.5 Å². The Morgan fingerprint density at radius 1 is 1.03 bits per heavy atom. The predicted molar refractivity (Wildman–Crippen MR) is 125 cm³/mol. The summed E-state index contributed by atoms with van der Waals surface area (Å²) in [4.78, 5) is 25.9. The minimum Gasteiger partial charge on any atom is -0.378 e. The van der Waals surface area contributed by atoms with Crippen molar-refractivity contribution in [1.82, 2.24) is 14.9 Å². The molecule has 0 aliphatic carbocycles. The summed E-state index contributed by atoms with van der Waals surface area (Å²) in [6.07, 6.45) is 0. The molecule has 1 aromatic heterocycles. The summed E-state index contributed by atoms with van der Waals surface area (Å²) in [5, 5.41) is 0.735. The van der Waals surface area contributed by atoms with Gasteiger partial charge >= 0.3 is 0 Å². The lowest BCUT2D eigenvalue weighted by atomic mass is 10.1. The summed E-state index contributed by atoms with van der Waals surface area (Å²) in [5.74, 6) is 1.68. The Kier molecular flexibility index (Phi) is 6.84. The van der Waals surface area contributed by atoms with Crippen molar-refractivity contribution in [2.45, 2.75) is 10.9 Å². The molecule has 0 bridgehead atoms. The summed E-state index contributed by atoms with van der Waals surface area (Å²) in [5.41, 5.74) is 3.82. The van der Waals surface area contributed by atoms with Gasteiger partial charge < -0.3 is 14.5 Å². The number of ether oxygens (including phenoxy) is 1. The fraction of sp³-hybridized carbons (Fsp3) is 0.292. The molecule has 1 aliphatic heterocycles. The maximum absolute atomic E-state index is 12.6. The molecule has 6 nitrogen and oxygen atoms in total. The zero-order chi connectivity index (χ0) is 21.6. The monoisotopic (exact) mass is 434 g/mol. The van der Waals surface area contributed by atoms with E-state index in [9.17, 15) is 4.79 Å². The molecule has 1 amide bonds. The van der Waals surface area contributed by atoms with E-state index in [4.69, 9.17) is 9.72 Å². The predicted octanol–water partition coefficient (Wildman–Crippen LogP) is 3.97. The van der Waals surface area contributed by atoms with E-state index < -0.39 is 0 Å². The third-order valence-electron chi connectivity index (χ3n) is 5.09. The summed E-state index contributed by atoms with van der Waals surface area (Å²) in [7, 11) is 3.96. The maximum atomic E-state index is 12.6. The number of nitrogens with zero attached hydrogens (tertiary/aromatic N) is 4. The molecule has 160 valence electrons. The largest absolute Gasteiger partial charge is 0.378 e. The van der Waals surface area contributed by atoms with Crippen molar-refractivity contribution in [1.29, 1.82) is 0 Å². The highest BCUT2D eigenvalue weighted by atomic mass is 32.2. The van der Waals surface area contributed by atoms with Crippen LogP contribution in [0.1, 0.15) is 15.9 Å². The van der Waals surface area contributed by atoms with E-state index >= 15 is 0 Å². The number of aromatic nitrogens is 2. The lowest BCUT2D eigenvalue weighted by Crippen LogP contribution is -2.40. The number of amides is 1. The van der Waals surface area contributed by atoms with Crippen molar-refractivity contribution in [3.8, 4) is 11.3 Å². The normalized spacial score (nSPS) is 13.8. The van der Waals surface area contributed by atoms with E-state index in [1.54, 1.807) is 11.8 Å². The SMILES string of the molecule is CN(C)c1cc(-c2ccccc2)nc(SCc2ccc(C(=O)N3CCOCC3)cc2)n1. The molecule has 0 radical (unpaired) electrons. The van der Waals surface area contributed by atoms with Gasteiger partial charge in [-0.2, -0.15) is 0 Å². The molecule has 7 heteroatoms. The number of carbonyl (C=O) groups excluding carboxylic acids is 1. The van der Waals surface area contributed by atoms with E-state index in [1.165, 1.54) is 0 Å². The quantitative estimate of drug-likeness (QED) is 0.432. The smallest absolute Gasteiger partial charge is 0.254 e. The number of benzene rings is 2. The molecule has 0 unspecified atom stereocenters. The molecule has 0 spiro atoms. The Labute approximate surface area is 187 Å². The number of carbonyl (C=O) groups is 1. The molecule has 1 saturated heterocycles. The Morgan fingerprint density at radius 2 is 1.74 bits per heavy atom. The molecule has 3 aromatic rings. The molecule has 4 rings (SSSR count). The minimum atomic E-state index is 0.0667. The van der Waals surface area contributed by atoms with Crippen LogP contribution in [0.5, 0.6) is 0 Å². The van der Waals surface area contributed by atoms with E-state index in [2.05, 4.69) is 17.1 Å². The average Bonchev–Trinajstić information content (AvgIpc) is 2.83. The lowest BCUT2D eigenvalue weighted by Gasteiger charge is -2.26. The molecule has 2 aromatic carbocycles. The van der Waals surface area contributed by atoms with Crippen LogP contribution in [0.3, 0.4) is 0 Å². The van der Waals surface area contributed by atoms with Crippen LogP contribution in [-0.2, 0) is 10.5 Å². The molecule has 0 atom stereocenters. The first kappa shape index (κ1) is 21.3. The van der Waals surface area contributed by atoms with E-state index in [1.807, 2.05) is 72.4 Å². The van der Waals surface area contributed by atoms with Gasteiger partial charge in [0.25, 0.3) is 5.91 Å². The van der Waals surface area contributed by atoms with Gasteiger partial charge in [-0.3, -0.25) is 4.79 Å². The number of hydrogen-bond donors (Lipinski definition) is 0. The topological polar surface area (TPSA) is 58.6 Å². The second-order valence-electron chi connectivity index (χ2n) is 7.54. The van der Waals surface area contributed by atoms with Crippen molar-refractivity contribution in [2.75, 3.05) is 45.3 Å². The third kappa shape index (κ3) is 5.42. The number of anilines is 1. The van der Waals surface area contributed by atoms with E-state index in [-0.39, 0.29) is 5.91 Å². The minimum absolute atomic E-state index is 0.0667. The first-order valence-electron chi connectivity index (χ1n) is 10.3. The van der Waals surface area contributed by atoms with Crippen LogP contribution in [0.15, 0.2) is 65.8 Å². The average molecular weight is 435 g/mol. The summed E-state index contributed by atoms with van der Waals surface area (Å²) in [6, 6.07) is 20.0. The molecule has 0 saturated carbocycles. The van der Waals surface area contributed by atoms with Crippen LogP contribution < -0.4 is 4.90 Å². The molecule has 1 fully saturated rings. The van der Waals surface area contributed by atoms with Gasteiger partial charge in [0.2, 0.25) is 0 Å². The van der Waals surface area contributed by atoms with E-state index in [0.29, 0.717) is 31.9 Å². The lowest BCUT2D eigenvalue weighted by molar-refractivity contribution is 0.0303. The Bertz CT molecular complexity index is 1020. The van der Waals surface area contributed by atoms with Gasteiger partial charge in [0.05, 0.1) is 18.9 Å². The fourth-order valence-corrected chi connectivity index (χ4v) is 4.11. The number of thioether (sulfide) groups is 1. The molecule has 0 N–H and O–H groups in total. The summed E-state index contributed by atoms with van der Waals surface area (Å²) in [6.45, 7) is 2.52. The van der Waals surface area contributed by atoms with Crippen molar-refractivity contribution in [2.24, 2.45) is 0 Å². The first-order chi connectivity index (χ1) is 15.1. The fourth-order valence-electron chi connectivity index (χ4n) is 3.30. The van der Waals surface area contributed by atoms with Crippen LogP contribution in [0, 0.1) is 0 Å². The van der Waals surface area contributed by atoms with Crippen molar-refractivity contribution < 1.29 is 9.53 Å². The van der Waals surface area contributed by atoms with Gasteiger partial charge in [-0.25, -0.2) is 9.97 Å². The van der Waals surface area contributed by atoms with Crippen LogP contribution >= 0.6 is 11.8 Å². The second-order valence-corrected chi connectivity index (χ2v) is 8.49. The zero-order valence-electron chi connectivity index (χ0n) is 17.8. The first-order valence-corrected chi connectivity index (χ1v) is 11.3. The van der Waals surface area contributed by atoms with Gasteiger partial charge in [0.1, 0.15) is 5.82 Å². The second kappa shape index (κ2) is 9.94. The highest BCUT2D eigenvalue weighted by molar-refractivity contribution is 7.98. The number of morpholine rings is 1. The van der Waals surface area contributed by atoms with Crippen LogP contribution in [0.4, 0.5) is 5.82 Å². The van der Waals surface area contributed by atoms with Gasteiger partial charge in [-0.1, -0.05) is 54.2 Å². The number of rotatable bonds is 6. The van der Waals surface area contributed by atoms with Crippen LogP contribution in [0.2, 0.25) is 0 Å². The molecule has 1 aliphatic rings. The van der Waals surface area contributed by atoms with Crippen molar-refractivity contribution in [3.05, 3.63) is 71.8 Å². The molecule has 31 heavy (non-hydrogen) atoms. The summed E-state index contributed by atoms with van der Waals surface area (Å²) < 4.78 is 5.33. The van der Waals surface area contributed by atoms with Gasteiger partial charge in [0.15, 0.2) is 5.16 Å².